The molecule has 0 N–H and O–H groups in total. The minimum absolute atomic E-state index is 0.129. The van der Waals surface area contributed by atoms with E-state index in [1.165, 1.54) is 31.8 Å². The first-order chi connectivity index (χ1) is 7.60. The van der Waals surface area contributed by atoms with E-state index in [4.69, 9.17) is 4.74 Å². The Morgan fingerprint density at radius 3 is 2.69 bits per heavy atom. The van der Waals surface area contributed by atoms with Gasteiger partial charge in [0.15, 0.2) is 0 Å². The van der Waals surface area contributed by atoms with Gasteiger partial charge in [0.2, 0.25) is 0 Å². The fourth-order valence-corrected chi connectivity index (χ4v) is 3.78. The van der Waals surface area contributed by atoms with Crippen molar-refractivity contribution in [3.8, 4) is 0 Å². The number of carbonyl (C=O) groups is 1. The summed E-state index contributed by atoms with van der Waals surface area (Å²) in [5, 5.41) is 0. The molecule has 2 fully saturated rings. The fraction of sp³-hybridized carbons (Fsp3) is 0.786. The summed E-state index contributed by atoms with van der Waals surface area (Å²) in [6.45, 7) is 8.01. The third kappa shape index (κ3) is 2.31. The van der Waals surface area contributed by atoms with Crippen LogP contribution in [-0.2, 0) is 9.53 Å². The summed E-state index contributed by atoms with van der Waals surface area (Å²) in [5.74, 6) is 2.50. The van der Waals surface area contributed by atoms with Gasteiger partial charge in [0.25, 0.3) is 0 Å². The van der Waals surface area contributed by atoms with Crippen LogP contribution in [0.4, 0.5) is 0 Å². The van der Waals surface area contributed by atoms with Crippen molar-refractivity contribution < 1.29 is 9.53 Å². The molecule has 2 nitrogen and oxygen atoms in total. The second kappa shape index (κ2) is 4.60. The Labute approximate surface area is 98.1 Å². The number of fused-ring (bicyclic) bond motifs is 2. The van der Waals surface area contributed by atoms with Gasteiger partial charge in [0, 0.05) is 6.08 Å². The van der Waals surface area contributed by atoms with Gasteiger partial charge in [0.05, 0.1) is 0 Å². The molecule has 2 aliphatic carbocycles. The third-order valence-corrected chi connectivity index (χ3v) is 4.23. The number of hydrogen-bond donors (Lipinski definition) is 0. The molecule has 0 aliphatic heterocycles. The van der Waals surface area contributed by atoms with Crippen molar-refractivity contribution in [1.82, 2.24) is 0 Å². The summed E-state index contributed by atoms with van der Waals surface area (Å²) in [7, 11) is 0. The van der Waals surface area contributed by atoms with Crippen LogP contribution in [0.25, 0.3) is 0 Å². The predicted molar refractivity (Wildman–Crippen MR) is 63.9 cm³/mol. The molecule has 2 rings (SSSR count). The summed E-state index contributed by atoms with van der Waals surface area (Å²) in [6.07, 6.45) is 6.47. The van der Waals surface area contributed by atoms with E-state index in [0.29, 0.717) is 11.8 Å². The fourth-order valence-electron chi connectivity index (χ4n) is 3.78. The van der Waals surface area contributed by atoms with Crippen LogP contribution in [0.1, 0.15) is 39.5 Å². The molecule has 0 saturated heterocycles. The van der Waals surface area contributed by atoms with Crippen molar-refractivity contribution in [3.05, 3.63) is 12.7 Å². The second-order valence-electron chi connectivity index (χ2n) is 5.76. The molecule has 0 radical (unpaired) electrons. The highest BCUT2D eigenvalue weighted by atomic mass is 16.5. The SMILES string of the molecule is C=CC(=O)OC1C(C)CC2CC(C)CC1C2. The molecule has 2 aliphatic rings. The first-order valence-electron chi connectivity index (χ1n) is 6.43. The Balaban J connectivity index is 2.05. The Bertz CT molecular complexity index is 280. The lowest BCUT2D eigenvalue weighted by atomic mass is 9.64. The lowest BCUT2D eigenvalue weighted by molar-refractivity contribution is -0.155. The highest BCUT2D eigenvalue weighted by Gasteiger charge is 2.41. The zero-order valence-corrected chi connectivity index (χ0v) is 10.3. The standard InChI is InChI=1S/C14H22O2/c1-4-13(15)16-14-10(3)7-11-5-9(2)6-12(14)8-11/h4,9-12,14H,1,5-8H2,2-3H3. The lowest BCUT2D eigenvalue weighted by Crippen LogP contribution is -2.42. The number of hydrogen-bond acceptors (Lipinski definition) is 2. The molecule has 2 heteroatoms. The minimum Gasteiger partial charge on any atom is -0.459 e. The van der Waals surface area contributed by atoms with E-state index in [1.54, 1.807) is 0 Å². The molecular formula is C14H22O2. The molecule has 0 aromatic heterocycles. The molecule has 0 heterocycles. The van der Waals surface area contributed by atoms with Gasteiger partial charge in [-0.3, -0.25) is 0 Å². The summed E-state index contributed by atoms with van der Waals surface area (Å²) in [6, 6.07) is 0. The maximum Gasteiger partial charge on any atom is 0.330 e. The number of carbonyl (C=O) groups excluding carboxylic acids is 1. The van der Waals surface area contributed by atoms with Crippen LogP contribution in [0, 0.1) is 23.7 Å². The first kappa shape index (κ1) is 11.7. The quantitative estimate of drug-likeness (QED) is 0.530. The van der Waals surface area contributed by atoms with Crippen molar-refractivity contribution in [2.24, 2.45) is 23.7 Å². The second-order valence-corrected chi connectivity index (χ2v) is 5.76. The van der Waals surface area contributed by atoms with E-state index in [2.05, 4.69) is 20.4 Å². The Hall–Kier alpha value is -0.790. The predicted octanol–water partition coefficient (Wildman–Crippen LogP) is 3.18. The normalized spacial score (nSPS) is 42.5. The largest absolute Gasteiger partial charge is 0.459 e. The molecule has 90 valence electrons. The Morgan fingerprint density at radius 1 is 1.25 bits per heavy atom. The van der Waals surface area contributed by atoms with Crippen LogP contribution in [0.2, 0.25) is 0 Å². The zero-order valence-electron chi connectivity index (χ0n) is 10.3. The van der Waals surface area contributed by atoms with Crippen LogP contribution in [0.3, 0.4) is 0 Å². The summed E-state index contributed by atoms with van der Waals surface area (Å²) >= 11 is 0. The monoisotopic (exact) mass is 222 g/mol. The number of esters is 1. The topological polar surface area (TPSA) is 26.3 Å². The van der Waals surface area contributed by atoms with E-state index in [0.717, 1.165) is 11.8 Å². The first-order valence-corrected chi connectivity index (χ1v) is 6.43. The molecule has 0 aromatic rings. The van der Waals surface area contributed by atoms with Crippen molar-refractivity contribution in [3.63, 3.8) is 0 Å². The van der Waals surface area contributed by atoms with Crippen LogP contribution >= 0.6 is 0 Å². The Morgan fingerprint density at radius 2 is 2.00 bits per heavy atom. The van der Waals surface area contributed by atoms with Gasteiger partial charge in [-0.05, 0) is 49.4 Å². The van der Waals surface area contributed by atoms with Crippen LogP contribution in [0.5, 0.6) is 0 Å². The van der Waals surface area contributed by atoms with Crippen molar-refractivity contribution >= 4 is 5.97 Å². The van der Waals surface area contributed by atoms with Crippen LogP contribution in [-0.4, -0.2) is 12.1 Å². The third-order valence-electron chi connectivity index (χ3n) is 4.23. The summed E-state index contributed by atoms with van der Waals surface area (Å²) in [5.41, 5.74) is 0. The highest BCUT2D eigenvalue weighted by Crippen LogP contribution is 2.45. The van der Waals surface area contributed by atoms with E-state index < -0.39 is 0 Å². The van der Waals surface area contributed by atoms with E-state index >= 15 is 0 Å². The van der Waals surface area contributed by atoms with Crippen LogP contribution < -0.4 is 0 Å². The van der Waals surface area contributed by atoms with E-state index in [9.17, 15) is 4.79 Å². The average Bonchev–Trinajstić information content (AvgIpc) is 2.22. The number of ether oxygens (including phenoxy) is 1. The molecule has 0 amide bonds. The number of rotatable bonds is 2. The van der Waals surface area contributed by atoms with Gasteiger partial charge in [-0.2, -0.15) is 0 Å². The molecular weight excluding hydrogens is 200 g/mol. The zero-order chi connectivity index (χ0) is 11.7. The molecule has 5 atom stereocenters. The molecule has 2 bridgehead atoms. The van der Waals surface area contributed by atoms with Gasteiger partial charge in [-0.25, -0.2) is 4.79 Å². The van der Waals surface area contributed by atoms with Gasteiger partial charge in [0.1, 0.15) is 6.10 Å². The lowest BCUT2D eigenvalue weighted by Gasteiger charge is -2.45. The molecule has 0 aromatic carbocycles. The molecule has 2 saturated carbocycles. The van der Waals surface area contributed by atoms with E-state index in [1.807, 2.05) is 0 Å². The van der Waals surface area contributed by atoms with Crippen molar-refractivity contribution in [1.29, 1.82) is 0 Å². The summed E-state index contributed by atoms with van der Waals surface area (Å²) in [4.78, 5) is 11.3. The van der Waals surface area contributed by atoms with Gasteiger partial charge < -0.3 is 4.74 Å². The highest BCUT2D eigenvalue weighted by molar-refractivity contribution is 5.81. The maximum absolute atomic E-state index is 11.3. The average molecular weight is 222 g/mol. The van der Waals surface area contributed by atoms with Crippen molar-refractivity contribution in [2.75, 3.05) is 0 Å². The van der Waals surface area contributed by atoms with E-state index in [-0.39, 0.29) is 12.1 Å². The van der Waals surface area contributed by atoms with Crippen molar-refractivity contribution in [2.45, 2.75) is 45.6 Å². The molecule has 16 heavy (non-hydrogen) atoms. The maximum atomic E-state index is 11.3. The molecule has 5 unspecified atom stereocenters. The van der Waals surface area contributed by atoms with Gasteiger partial charge in [-0.15, -0.1) is 0 Å². The van der Waals surface area contributed by atoms with Crippen LogP contribution in [0.15, 0.2) is 12.7 Å². The molecule has 0 spiro atoms. The summed E-state index contributed by atoms with van der Waals surface area (Å²) < 4.78 is 5.53. The van der Waals surface area contributed by atoms with Gasteiger partial charge in [-0.1, -0.05) is 20.4 Å². The minimum atomic E-state index is -0.256. The van der Waals surface area contributed by atoms with Gasteiger partial charge >= 0.3 is 5.97 Å². The smallest absolute Gasteiger partial charge is 0.330 e. The Kier molecular flexibility index (Phi) is 3.36.